The SMILES string of the molecule is CS(=O)(=O)CCCC(=O)Nc1ccc(S(=O)(=O)Nc2nccs2)cc1. The van der Waals surface area contributed by atoms with Gasteiger partial charge >= 0.3 is 0 Å². The van der Waals surface area contributed by atoms with Gasteiger partial charge in [0.15, 0.2) is 5.13 Å². The van der Waals surface area contributed by atoms with Gasteiger partial charge in [-0.05, 0) is 30.7 Å². The summed E-state index contributed by atoms with van der Waals surface area (Å²) in [5.41, 5.74) is 0.428. The van der Waals surface area contributed by atoms with Gasteiger partial charge in [0, 0.05) is 29.9 Å². The molecule has 0 bridgehead atoms. The molecule has 0 unspecified atom stereocenters. The quantitative estimate of drug-likeness (QED) is 0.692. The van der Waals surface area contributed by atoms with Crippen LogP contribution >= 0.6 is 11.3 Å². The number of sulfonamides is 1. The van der Waals surface area contributed by atoms with Crippen LogP contribution in [0.3, 0.4) is 0 Å². The first-order valence-corrected chi connectivity index (χ1v) is 11.6. The van der Waals surface area contributed by atoms with Crippen LogP contribution in [0.5, 0.6) is 0 Å². The summed E-state index contributed by atoms with van der Waals surface area (Å²) in [4.78, 5) is 15.6. The number of nitrogens with one attached hydrogen (secondary N) is 2. The van der Waals surface area contributed by atoms with Crippen LogP contribution in [0.2, 0.25) is 0 Å². The molecule has 2 N–H and O–H groups in total. The third-order valence-electron chi connectivity index (χ3n) is 3.02. The summed E-state index contributed by atoms with van der Waals surface area (Å²) in [6.07, 6.45) is 2.91. The number of sulfone groups is 1. The topological polar surface area (TPSA) is 122 Å². The number of carbonyl (C=O) groups excluding carboxylic acids is 1. The van der Waals surface area contributed by atoms with Crippen LogP contribution in [0.25, 0.3) is 0 Å². The Morgan fingerprint density at radius 3 is 2.40 bits per heavy atom. The summed E-state index contributed by atoms with van der Waals surface area (Å²) < 4.78 is 48.7. The zero-order chi connectivity index (χ0) is 18.5. The molecule has 0 saturated heterocycles. The van der Waals surface area contributed by atoms with Crippen molar-refractivity contribution in [2.75, 3.05) is 22.0 Å². The molecular weight excluding hydrogens is 386 g/mol. The first-order chi connectivity index (χ1) is 11.7. The van der Waals surface area contributed by atoms with E-state index in [9.17, 15) is 21.6 Å². The number of thiazole rings is 1. The van der Waals surface area contributed by atoms with Crippen molar-refractivity contribution < 1.29 is 21.6 Å². The Morgan fingerprint density at radius 1 is 1.16 bits per heavy atom. The zero-order valence-corrected chi connectivity index (χ0v) is 15.7. The second-order valence-corrected chi connectivity index (χ2v) is 10.1. The van der Waals surface area contributed by atoms with Crippen molar-refractivity contribution in [1.82, 2.24) is 4.98 Å². The maximum absolute atomic E-state index is 12.2. The Kier molecular flexibility index (Phi) is 6.14. The molecular formula is C14H17N3O5S3. The summed E-state index contributed by atoms with van der Waals surface area (Å²) in [6, 6.07) is 5.65. The lowest BCUT2D eigenvalue weighted by atomic mass is 10.3. The van der Waals surface area contributed by atoms with Crippen LogP contribution in [0.1, 0.15) is 12.8 Å². The number of aromatic nitrogens is 1. The number of hydrogen-bond acceptors (Lipinski definition) is 7. The molecule has 0 saturated carbocycles. The fourth-order valence-electron chi connectivity index (χ4n) is 1.88. The summed E-state index contributed by atoms with van der Waals surface area (Å²) in [5, 5.41) is 4.51. The second-order valence-electron chi connectivity index (χ2n) is 5.25. The Balaban J connectivity index is 1.94. The van der Waals surface area contributed by atoms with Crippen molar-refractivity contribution in [2.24, 2.45) is 0 Å². The summed E-state index contributed by atoms with van der Waals surface area (Å²) in [6.45, 7) is 0. The average molecular weight is 404 g/mol. The van der Waals surface area contributed by atoms with Crippen molar-refractivity contribution in [3.05, 3.63) is 35.8 Å². The van der Waals surface area contributed by atoms with Crippen molar-refractivity contribution in [3.63, 3.8) is 0 Å². The van der Waals surface area contributed by atoms with E-state index in [-0.39, 0.29) is 34.5 Å². The number of nitrogens with zero attached hydrogens (tertiary/aromatic N) is 1. The lowest BCUT2D eigenvalue weighted by molar-refractivity contribution is -0.116. The van der Waals surface area contributed by atoms with Gasteiger partial charge in [-0.15, -0.1) is 11.3 Å². The molecule has 0 atom stereocenters. The first kappa shape index (κ1) is 19.3. The monoisotopic (exact) mass is 403 g/mol. The van der Waals surface area contributed by atoms with Crippen molar-refractivity contribution >= 4 is 47.9 Å². The Morgan fingerprint density at radius 2 is 1.84 bits per heavy atom. The predicted molar refractivity (Wildman–Crippen MR) is 96.9 cm³/mol. The van der Waals surface area contributed by atoms with Crippen molar-refractivity contribution in [2.45, 2.75) is 17.7 Å². The minimum absolute atomic E-state index is 0.0396. The lowest BCUT2D eigenvalue weighted by Crippen LogP contribution is -2.14. The van der Waals surface area contributed by atoms with Crippen LogP contribution in [0.15, 0.2) is 40.7 Å². The largest absolute Gasteiger partial charge is 0.326 e. The highest BCUT2D eigenvalue weighted by Gasteiger charge is 2.15. The molecule has 0 aliphatic heterocycles. The van der Waals surface area contributed by atoms with E-state index >= 15 is 0 Å². The standard InChI is InChI=1S/C14H17N3O5S3/c1-24(19,20)10-2-3-13(18)16-11-4-6-12(7-5-11)25(21,22)17-14-15-8-9-23-14/h4-9H,2-3,10H2,1H3,(H,15,17)(H,16,18). The highest BCUT2D eigenvalue weighted by atomic mass is 32.2. The molecule has 1 aromatic heterocycles. The highest BCUT2D eigenvalue weighted by molar-refractivity contribution is 7.93. The molecule has 2 rings (SSSR count). The van der Waals surface area contributed by atoms with Crippen LogP contribution in [-0.2, 0) is 24.7 Å². The average Bonchev–Trinajstić information content (AvgIpc) is 2.98. The van der Waals surface area contributed by atoms with Crippen molar-refractivity contribution in [1.29, 1.82) is 0 Å². The second kappa shape index (κ2) is 7.93. The minimum atomic E-state index is -3.74. The van der Waals surface area contributed by atoms with Gasteiger partial charge in [0.05, 0.1) is 10.6 Å². The number of benzene rings is 1. The van der Waals surface area contributed by atoms with Gasteiger partial charge < -0.3 is 5.32 Å². The van der Waals surface area contributed by atoms with E-state index < -0.39 is 19.9 Å². The van der Waals surface area contributed by atoms with Gasteiger partial charge in [-0.1, -0.05) is 0 Å². The number of anilines is 2. The summed E-state index contributed by atoms with van der Waals surface area (Å²) in [5.74, 6) is -0.389. The molecule has 2 aromatic rings. The molecule has 1 aromatic carbocycles. The number of rotatable bonds is 8. The normalized spacial score (nSPS) is 11.9. The van der Waals surface area contributed by atoms with Gasteiger partial charge in [-0.2, -0.15) is 0 Å². The molecule has 136 valence electrons. The maximum atomic E-state index is 12.2. The number of carbonyl (C=O) groups is 1. The summed E-state index contributed by atoms with van der Waals surface area (Å²) >= 11 is 1.16. The van der Waals surface area contributed by atoms with Gasteiger partial charge in [-0.3, -0.25) is 9.52 Å². The van der Waals surface area contributed by atoms with E-state index in [1.54, 1.807) is 5.38 Å². The molecule has 0 radical (unpaired) electrons. The molecule has 11 heteroatoms. The smallest absolute Gasteiger partial charge is 0.263 e. The highest BCUT2D eigenvalue weighted by Crippen LogP contribution is 2.19. The van der Waals surface area contributed by atoms with E-state index in [0.717, 1.165) is 17.6 Å². The maximum Gasteiger partial charge on any atom is 0.263 e. The molecule has 0 aliphatic carbocycles. The zero-order valence-electron chi connectivity index (χ0n) is 13.3. The Labute approximate surface area is 150 Å². The molecule has 1 heterocycles. The van der Waals surface area contributed by atoms with Gasteiger partial charge in [0.25, 0.3) is 10.0 Å². The van der Waals surface area contributed by atoms with Crippen LogP contribution < -0.4 is 10.0 Å². The number of amides is 1. The minimum Gasteiger partial charge on any atom is -0.326 e. The van der Waals surface area contributed by atoms with Crippen LogP contribution in [-0.4, -0.2) is 39.7 Å². The van der Waals surface area contributed by atoms with E-state index in [1.807, 2.05) is 0 Å². The van der Waals surface area contributed by atoms with Gasteiger partial charge in [-0.25, -0.2) is 21.8 Å². The van der Waals surface area contributed by atoms with Gasteiger partial charge in [0.2, 0.25) is 5.91 Å². The van der Waals surface area contributed by atoms with Crippen molar-refractivity contribution in [3.8, 4) is 0 Å². The molecule has 0 aliphatic rings. The van der Waals surface area contributed by atoms with E-state index in [1.165, 1.54) is 30.5 Å². The fraction of sp³-hybridized carbons (Fsp3) is 0.286. The van der Waals surface area contributed by atoms with Crippen LogP contribution in [0, 0.1) is 0 Å². The third kappa shape index (κ3) is 6.44. The fourth-order valence-corrected chi connectivity index (χ4v) is 4.34. The van der Waals surface area contributed by atoms with E-state index in [0.29, 0.717) is 5.69 Å². The van der Waals surface area contributed by atoms with E-state index in [2.05, 4.69) is 15.0 Å². The predicted octanol–water partition coefficient (Wildman–Crippen LogP) is 1.71. The lowest BCUT2D eigenvalue weighted by Gasteiger charge is -2.08. The van der Waals surface area contributed by atoms with Gasteiger partial charge in [0.1, 0.15) is 9.84 Å². The molecule has 25 heavy (non-hydrogen) atoms. The van der Waals surface area contributed by atoms with E-state index in [4.69, 9.17) is 0 Å². The molecule has 8 nitrogen and oxygen atoms in total. The number of hydrogen-bond donors (Lipinski definition) is 2. The Hall–Kier alpha value is -1.98. The first-order valence-electron chi connectivity index (χ1n) is 7.16. The Bertz CT molecular complexity index is 921. The molecule has 0 fully saturated rings. The molecule has 0 spiro atoms. The summed E-state index contributed by atoms with van der Waals surface area (Å²) in [7, 11) is -6.83. The van der Waals surface area contributed by atoms with Crippen LogP contribution in [0.4, 0.5) is 10.8 Å². The third-order valence-corrected chi connectivity index (χ3v) is 6.22. The molecule has 1 amide bonds.